The van der Waals surface area contributed by atoms with Crippen LogP contribution in [0.2, 0.25) is 0 Å². The van der Waals surface area contributed by atoms with Gasteiger partial charge in [-0.2, -0.15) is 0 Å². The summed E-state index contributed by atoms with van der Waals surface area (Å²) < 4.78 is 9.38. The third-order valence-corrected chi connectivity index (χ3v) is 5.61. The van der Waals surface area contributed by atoms with Gasteiger partial charge in [-0.1, -0.05) is 47.7 Å². The molecular weight excluding hydrogens is 388 g/mol. The molecule has 0 aliphatic heterocycles. The lowest BCUT2D eigenvalue weighted by molar-refractivity contribution is -0.127. The third-order valence-electron chi connectivity index (χ3n) is 5.11. The average molecular weight is 410 g/mol. The lowest BCUT2D eigenvalue weighted by Gasteiger charge is -2.30. The zero-order valence-corrected chi connectivity index (χ0v) is 16.7. The van der Waals surface area contributed by atoms with Crippen LogP contribution in [0.1, 0.15) is 53.5 Å². The fraction of sp³-hybridized carbons (Fsp3) is 0.333. The summed E-state index contributed by atoms with van der Waals surface area (Å²) in [6.07, 6.45) is 5.64. The van der Waals surface area contributed by atoms with Gasteiger partial charge in [-0.15, -0.1) is 5.10 Å². The Balaban J connectivity index is 1.68. The molecule has 1 fully saturated rings. The lowest BCUT2D eigenvalue weighted by Crippen LogP contribution is -2.45. The number of rotatable bonds is 7. The number of benzene rings is 1. The summed E-state index contributed by atoms with van der Waals surface area (Å²) in [4.78, 5) is 28.1. The Bertz CT molecular complexity index is 922. The third kappa shape index (κ3) is 4.54. The molecule has 1 aromatic carbocycles. The van der Waals surface area contributed by atoms with E-state index in [1.54, 1.807) is 17.5 Å². The van der Waals surface area contributed by atoms with Gasteiger partial charge in [-0.3, -0.25) is 9.59 Å². The van der Waals surface area contributed by atoms with E-state index in [0.717, 1.165) is 42.8 Å². The highest BCUT2D eigenvalue weighted by atomic mass is 32.1. The van der Waals surface area contributed by atoms with Crippen molar-refractivity contribution in [1.29, 1.82) is 0 Å². The standard InChI is InChI=1S/C21H22N4O3S/c26-20(22-16-9-4-5-10-16)19(18-11-6-12-28-18)25(13-15-7-2-1-3-8-15)21(27)17-14-29-24-23-17/h1-3,6-8,11-12,14,16,19H,4-5,9-10,13H2,(H,22,26)/t19-/m0/s1. The van der Waals surface area contributed by atoms with Crippen molar-refractivity contribution >= 4 is 23.3 Å². The second-order valence-electron chi connectivity index (χ2n) is 7.12. The minimum atomic E-state index is -0.889. The number of nitrogens with one attached hydrogen (secondary N) is 1. The van der Waals surface area contributed by atoms with Crippen LogP contribution in [-0.4, -0.2) is 32.3 Å². The maximum Gasteiger partial charge on any atom is 0.276 e. The highest BCUT2D eigenvalue weighted by Gasteiger charge is 2.36. The molecular formula is C21H22N4O3S. The number of furan rings is 1. The number of aromatic nitrogens is 2. The van der Waals surface area contributed by atoms with E-state index in [9.17, 15) is 9.59 Å². The van der Waals surface area contributed by atoms with Crippen molar-refractivity contribution < 1.29 is 14.0 Å². The molecule has 4 rings (SSSR count). The van der Waals surface area contributed by atoms with E-state index >= 15 is 0 Å². The number of hydrogen-bond acceptors (Lipinski definition) is 6. The second kappa shape index (κ2) is 9.00. The molecule has 0 radical (unpaired) electrons. The van der Waals surface area contributed by atoms with Gasteiger partial charge in [0.2, 0.25) is 0 Å². The van der Waals surface area contributed by atoms with Gasteiger partial charge in [-0.05, 0) is 42.1 Å². The Morgan fingerprint density at radius 1 is 1.17 bits per heavy atom. The van der Waals surface area contributed by atoms with Gasteiger partial charge in [0, 0.05) is 18.0 Å². The zero-order chi connectivity index (χ0) is 20.1. The van der Waals surface area contributed by atoms with Crippen LogP contribution in [0, 0.1) is 0 Å². The van der Waals surface area contributed by atoms with E-state index in [1.165, 1.54) is 11.2 Å². The zero-order valence-electron chi connectivity index (χ0n) is 15.9. The molecule has 1 atom stereocenters. The van der Waals surface area contributed by atoms with Crippen molar-refractivity contribution in [2.45, 2.75) is 44.3 Å². The predicted octanol–water partition coefficient (Wildman–Crippen LogP) is 3.57. The van der Waals surface area contributed by atoms with E-state index in [2.05, 4.69) is 14.9 Å². The van der Waals surface area contributed by atoms with E-state index in [1.807, 2.05) is 30.3 Å². The molecule has 150 valence electrons. The first-order valence-electron chi connectivity index (χ1n) is 9.68. The average Bonchev–Trinajstić information content (AvgIpc) is 3.51. The van der Waals surface area contributed by atoms with Gasteiger partial charge in [0.05, 0.1) is 6.26 Å². The van der Waals surface area contributed by atoms with Crippen LogP contribution in [0.3, 0.4) is 0 Å². The molecule has 2 amide bonds. The molecule has 0 bridgehead atoms. The van der Waals surface area contributed by atoms with Gasteiger partial charge < -0.3 is 14.6 Å². The van der Waals surface area contributed by atoms with Crippen LogP contribution < -0.4 is 5.32 Å². The normalized spacial score (nSPS) is 15.2. The first kappa shape index (κ1) is 19.3. The molecule has 1 aliphatic carbocycles. The monoisotopic (exact) mass is 410 g/mol. The predicted molar refractivity (Wildman–Crippen MR) is 108 cm³/mol. The summed E-state index contributed by atoms with van der Waals surface area (Å²) in [7, 11) is 0. The molecule has 3 aromatic rings. The van der Waals surface area contributed by atoms with Gasteiger partial charge in [0.15, 0.2) is 11.7 Å². The largest absolute Gasteiger partial charge is 0.467 e. The molecule has 0 unspecified atom stereocenters. The maximum atomic E-state index is 13.3. The Morgan fingerprint density at radius 3 is 2.62 bits per heavy atom. The minimum absolute atomic E-state index is 0.134. The summed E-state index contributed by atoms with van der Waals surface area (Å²) in [6, 6.07) is 12.3. The Kier molecular flexibility index (Phi) is 6.00. The molecule has 0 spiro atoms. The highest BCUT2D eigenvalue weighted by molar-refractivity contribution is 7.03. The smallest absolute Gasteiger partial charge is 0.276 e. The molecule has 2 heterocycles. The van der Waals surface area contributed by atoms with Gasteiger partial charge in [0.25, 0.3) is 11.8 Å². The number of hydrogen-bond donors (Lipinski definition) is 1. The molecule has 7 nitrogen and oxygen atoms in total. The summed E-state index contributed by atoms with van der Waals surface area (Å²) in [5, 5.41) is 8.62. The highest BCUT2D eigenvalue weighted by Crippen LogP contribution is 2.27. The number of nitrogens with zero attached hydrogens (tertiary/aromatic N) is 3. The van der Waals surface area contributed by atoms with E-state index in [-0.39, 0.29) is 30.1 Å². The van der Waals surface area contributed by atoms with Crippen molar-refractivity contribution in [3.05, 3.63) is 71.1 Å². The van der Waals surface area contributed by atoms with E-state index in [0.29, 0.717) is 5.76 Å². The fourth-order valence-corrected chi connectivity index (χ4v) is 4.12. The Labute approximate surface area is 172 Å². The maximum absolute atomic E-state index is 13.3. The van der Waals surface area contributed by atoms with Crippen LogP contribution in [0.4, 0.5) is 0 Å². The van der Waals surface area contributed by atoms with Crippen molar-refractivity contribution in [3.63, 3.8) is 0 Å². The molecule has 1 saturated carbocycles. The first-order chi connectivity index (χ1) is 14.2. The molecule has 1 N–H and O–H groups in total. The number of amides is 2. The first-order valence-corrected chi connectivity index (χ1v) is 10.5. The molecule has 2 aromatic heterocycles. The minimum Gasteiger partial charge on any atom is -0.467 e. The van der Waals surface area contributed by atoms with Crippen LogP contribution in [-0.2, 0) is 11.3 Å². The van der Waals surface area contributed by atoms with Crippen LogP contribution in [0.15, 0.2) is 58.5 Å². The fourth-order valence-electron chi connectivity index (χ4n) is 3.69. The molecule has 0 saturated heterocycles. The van der Waals surface area contributed by atoms with Crippen molar-refractivity contribution in [1.82, 2.24) is 19.8 Å². The summed E-state index contributed by atoms with van der Waals surface area (Å²) >= 11 is 1.10. The number of carbonyl (C=O) groups is 2. The van der Waals surface area contributed by atoms with E-state index < -0.39 is 6.04 Å². The lowest BCUT2D eigenvalue weighted by atomic mass is 10.1. The van der Waals surface area contributed by atoms with Gasteiger partial charge in [0.1, 0.15) is 5.76 Å². The van der Waals surface area contributed by atoms with Crippen molar-refractivity contribution in [2.24, 2.45) is 0 Å². The molecule has 8 heteroatoms. The summed E-state index contributed by atoms with van der Waals surface area (Å²) in [6.45, 7) is 0.251. The quantitative estimate of drug-likeness (QED) is 0.643. The Hall–Kier alpha value is -3.00. The van der Waals surface area contributed by atoms with Gasteiger partial charge in [-0.25, -0.2) is 0 Å². The van der Waals surface area contributed by atoms with Crippen LogP contribution >= 0.6 is 11.5 Å². The summed E-state index contributed by atoms with van der Waals surface area (Å²) in [5.74, 6) is -0.169. The van der Waals surface area contributed by atoms with Gasteiger partial charge >= 0.3 is 0 Å². The molecule has 1 aliphatic rings. The second-order valence-corrected chi connectivity index (χ2v) is 7.73. The summed E-state index contributed by atoms with van der Waals surface area (Å²) in [5.41, 5.74) is 1.13. The van der Waals surface area contributed by atoms with E-state index in [4.69, 9.17) is 4.42 Å². The van der Waals surface area contributed by atoms with Crippen molar-refractivity contribution in [3.8, 4) is 0 Å². The Morgan fingerprint density at radius 2 is 1.97 bits per heavy atom. The van der Waals surface area contributed by atoms with Crippen LogP contribution in [0.5, 0.6) is 0 Å². The van der Waals surface area contributed by atoms with Crippen molar-refractivity contribution in [2.75, 3.05) is 0 Å². The SMILES string of the molecule is O=C(NC1CCCC1)[C@H](c1ccco1)N(Cc1ccccc1)C(=O)c1csnn1. The van der Waals surface area contributed by atoms with Crippen LogP contribution in [0.25, 0.3) is 0 Å². The number of carbonyl (C=O) groups excluding carboxylic acids is 2. The molecule has 29 heavy (non-hydrogen) atoms. The topological polar surface area (TPSA) is 88.3 Å².